The fraction of sp³-hybridized carbons (Fsp3) is 0.0667. The summed E-state index contributed by atoms with van der Waals surface area (Å²) >= 11 is 3.35. The van der Waals surface area contributed by atoms with E-state index in [1.165, 1.54) is 12.1 Å². The first-order chi connectivity index (χ1) is 10.4. The van der Waals surface area contributed by atoms with Crippen molar-refractivity contribution in [3.05, 3.63) is 58.8 Å². The number of hydrogen-bond acceptors (Lipinski definition) is 2. The average molecular weight is 367 g/mol. The third-order valence-corrected chi connectivity index (χ3v) is 3.78. The third-order valence-electron chi connectivity index (χ3n) is 3.29. The van der Waals surface area contributed by atoms with E-state index >= 15 is 0 Å². The summed E-state index contributed by atoms with van der Waals surface area (Å²) in [5, 5.41) is 8.55. The standard InChI is InChI=1S/C15H9BrF2N2O2/c16-10-3-6-13-12(7-10)19-8-20(13)11-4-1-9(2-5-11)15(17,18)14(21)22/h1-8H,(H,21,22). The minimum Gasteiger partial charge on any atom is -0.477 e. The molecular formula is C15H9BrF2N2O2. The van der Waals surface area contributed by atoms with Gasteiger partial charge < -0.3 is 5.11 Å². The smallest absolute Gasteiger partial charge is 0.379 e. The van der Waals surface area contributed by atoms with Crippen LogP contribution in [0.5, 0.6) is 0 Å². The van der Waals surface area contributed by atoms with Gasteiger partial charge in [-0.1, -0.05) is 28.1 Å². The van der Waals surface area contributed by atoms with Gasteiger partial charge in [-0.2, -0.15) is 8.78 Å². The fourth-order valence-electron chi connectivity index (χ4n) is 2.15. The molecule has 7 heteroatoms. The SMILES string of the molecule is O=C(O)C(F)(F)c1ccc(-n2cnc3cc(Br)ccc32)cc1. The van der Waals surface area contributed by atoms with Crippen LogP contribution in [0.4, 0.5) is 8.78 Å². The van der Waals surface area contributed by atoms with E-state index in [0.29, 0.717) is 5.69 Å². The summed E-state index contributed by atoms with van der Waals surface area (Å²) in [6, 6.07) is 10.6. The van der Waals surface area contributed by atoms with E-state index in [0.717, 1.165) is 27.6 Å². The number of benzene rings is 2. The number of carboxylic acids is 1. The maximum absolute atomic E-state index is 13.4. The van der Waals surface area contributed by atoms with E-state index in [1.807, 2.05) is 18.2 Å². The highest BCUT2D eigenvalue weighted by Gasteiger charge is 2.40. The summed E-state index contributed by atoms with van der Waals surface area (Å²) in [4.78, 5) is 14.8. The maximum Gasteiger partial charge on any atom is 0.379 e. The molecule has 112 valence electrons. The largest absolute Gasteiger partial charge is 0.477 e. The summed E-state index contributed by atoms with van der Waals surface area (Å²) in [5.41, 5.74) is 1.64. The second-order valence-electron chi connectivity index (χ2n) is 4.67. The van der Waals surface area contributed by atoms with Crippen LogP contribution in [0.1, 0.15) is 5.56 Å². The Morgan fingerprint density at radius 3 is 2.50 bits per heavy atom. The van der Waals surface area contributed by atoms with Crippen molar-refractivity contribution < 1.29 is 18.7 Å². The van der Waals surface area contributed by atoms with Crippen LogP contribution in [0.25, 0.3) is 16.7 Å². The van der Waals surface area contributed by atoms with Gasteiger partial charge in [-0.3, -0.25) is 4.57 Å². The number of rotatable bonds is 3. The molecule has 0 aliphatic heterocycles. The quantitative estimate of drug-likeness (QED) is 0.762. The van der Waals surface area contributed by atoms with Gasteiger partial charge in [0.05, 0.1) is 11.0 Å². The van der Waals surface area contributed by atoms with Crippen molar-refractivity contribution in [1.29, 1.82) is 0 Å². The molecule has 0 saturated carbocycles. The van der Waals surface area contributed by atoms with Crippen molar-refractivity contribution in [2.45, 2.75) is 5.92 Å². The highest BCUT2D eigenvalue weighted by atomic mass is 79.9. The minimum absolute atomic E-state index is 0.559. The van der Waals surface area contributed by atoms with Crippen molar-refractivity contribution in [1.82, 2.24) is 9.55 Å². The van der Waals surface area contributed by atoms with E-state index in [1.54, 1.807) is 10.9 Å². The van der Waals surface area contributed by atoms with Gasteiger partial charge in [0.25, 0.3) is 0 Å². The van der Waals surface area contributed by atoms with Gasteiger partial charge in [0.15, 0.2) is 0 Å². The Balaban J connectivity index is 2.04. The summed E-state index contributed by atoms with van der Waals surface area (Å²) in [5.74, 6) is -6.07. The molecule has 4 nitrogen and oxygen atoms in total. The van der Waals surface area contributed by atoms with Gasteiger partial charge in [0, 0.05) is 15.7 Å². The minimum atomic E-state index is -3.90. The molecule has 0 aliphatic rings. The summed E-state index contributed by atoms with van der Waals surface area (Å²) in [7, 11) is 0. The van der Waals surface area contributed by atoms with E-state index < -0.39 is 17.5 Å². The van der Waals surface area contributed by atoms with Gasteiger partial charge in [-0.05, 0) is 30.3 Å². The Kier molecular flexibility index (Phi) is 3.44. The zero-order valence-electron chi connectivity index (χ0n) is 11.0. The normalized spacial score (nSPS) is 11.8. The van der Waals surface area contributed by atoms with E-state index in [4.69, 9.17) is 5.11 Å². The highest BCUT2D eigenvalue weighted by Crippen LogP contribution is 2.29. The molecule has 0 bridgehead atoms. The van der Waals surface area contributed by atoms with Gasteiger partial charge in [-0.15, -0.1) is 0 Å². The number of nitrogens with zero attached hydrogens (tertiary/aromatic N) is 2. The van der Waals surface area contributed by atoms with E-state index in [-0.39, 0.29) is 0 Å². The topological polar surface area (TPSA) is 55.1 Å². The van der Waals surface area contributed by atoms with Crippen LogP contribution in [0.2, 0.25) is 0 Å². The first-order valence-electron chi connectivity index (χ1n) is 6.24. The third kappa shape index (κ3) is 2.37. The summed E-state index contributed by atoms with van der Waals surface area (Å²) in [6.07, 6.45) is 1.58. The van der Waals surface area contributed by atoms with Gasteiger partial charge in [0.2, 0.25) is 0 Å². The van der Waals surface area contributed by atoms with Crippen LogP contribution in [0.3, 0.4) is 0 Å². The first kappa shape index (κ1) is 14.6. The zero-order valence-corrected chi connectivity index (χ0v) is 12.6. The van der Waals surface area contributed by atoms with Crippen LogP contribution >= 0.6 is 15.9 Å². The van der Waals surface area contributed by atoms with Gasteiger partial charge >= 0.3 is 11.9 Å². The first-order valence-corrected chi connectivity index (χ1v) is 7.03. The lowest BCUT2D eigenvalue weighted by Crippen LogP contribution is -2.25. The second kappa shape index (κ2) is 5.17. The lowest BCUT2D eigenvalue weighted by Gasteiger charge is -2.12. The number of aromatic nitrogens is 2. The zero-order chi connectivity index (χ0) is 15.9. The molecule has 3 rings (SSSR count). The van der Waals surface area contributed by atoms with Crippen LogP contribution in [0.15, 0.2) is 53.3 Å². The monoisotopic (exact) mass is 366 g/mol. The Labute approximate surface area is 132 Å². The molecule has 3 aromatic rings. The summed E-state index contributed by atoms with van der Waals surface area (Å²) in [6.45, 7) is 0. The van der Waals surface area contributed by atoms with E-state index in [2.05, 4.69) is 20.9 Å². The molecule has 0 saturated heterocycles. The molecule has 1 heterocycles. The van der Waals surface area contributed by atoms with Gasteiger partial charge in [-0.25, -0.2) is 9.78 Å². The molecule has 0 unspecified atom stereocenters. The highest BCUT2D eigenvalue weighted by molar-refractivity contribution is 9.10. The number of aliphatic carboxylic acids is 1. The molecule has 0 radical (unpaired) electrons. The van der Waals surface area contributed by atoms with Crippen LogP contribution in [0, 0.1) is 0 Å². The molecular weight excluding hydrogens is 358 g/mol. The number of alkyl halides is 2. The summed E-state index contributed by atoms with van der Waals surface area (Å²) < 4.78 is 29.5. The Morgan fingerprint density at radius 1 is 1.18 bits per heavy atom. The molecule has 0 amide bonds. The average Bonchev–Trinajstić information content (AvgIpc) is 2.90. The number of hydrogen-bond donors (Lipinski definition) is 1. The Bertz CT molecular complexity index is 860. The molecule has 0 aliphatic carbocycles. The number of halogens is 3. The molecule has 0 atom stereocenters. The lowest BCUT2D eigenvalue weighted by atomic mass is 10.1. The van der Waals surface area contributed by atoms with Crippen molar-refractivity contribution in [2.24, 2.45) is 0 Å². The van der Waals surface area contributed by atoms with E-state index in [9.17, 15) is 13.6 Å². The molecule has 0 spiro atoms. The van der Waals surface area contributed by atoms with Crippen molar-refractivity contribution >= 4 is 32.9 Å². The number of carbonyl (C=O) groups is 1. The Morgan fingerprint density at radius 2 is 1.86 bits per heavy atom. The fourth-order valence-corrected chi connectivity index (χ4v) is 2.50. The van der Waals surface area contributed by atoms with Crippen molar-refractivity contribution in [2.75, 3.05) is 0 Å². The predicted octanol–water partition coefficient (Wildman–Crippen LogP) is 3.96. The van der Waals surface area contributed by atoms with Crippen LogP contribution in [-0.2, 0) is 10.7 Å². The van der Waals surface area contributed by atoms with Crippen LogP contribution < -0.4 is 0 Å². The van der Waals surface area contributed by atoms with Gasteiger partial charge in [0.1, 0.15) is 6.33 Å². The lowest BCUT2D eigenvalue weighted by molar-refractivity contribution is -0.166. The van der Waals surface area contributed by atoms with Crippen molar-refractivity contribution in [3.63, 3.8) is 0 Å². The molecule has 0 fully saturated rings. The number of carboxylic acid groups (broad SMARTS) is 1. The number of imidazole rings is 1. The second-order valence-corrected chi connectivity index (χ2v) is 5.59. The number of fused-ring (bicyclic) bond motifs is 1. The molecule has 2 aromatic carbocycles. The van der Waals surface area contributed by atoms with Crippen molar-refractivity contribution in [3.8, 4) is 5.69 Å². The predicted molar refractivity (Wildman–Crippen MR) is 80.3 cm³/mol. The van der Waals surface area contributed by atoms with Crippen LogP contribution in [-0.4, -0.2) is 20.6 Å². The molecule has 1 N–H and O–H groups in total. The molecule has 22 heavy (non-hydrogen) atoms. The Hall–Kier alpha value is -2.28. The molecule has 1 aromatic heterocycles. The maximum atomic E-state index is 13.4.